The van der Waals surface area contributed by atoms with Crippen molar-refractivity contribution < 1.29 is 14.3 Å². The highest BCUT2D eigenvalue weighted by atomic mass is 35.5. The standard InChI is InChI=1S/C27H25ClN2O3/c1-15-9-11-20(17(3)13-15)24-25(29-19-10-12-23(33-5)21(28)14-19)27(32)30(26(24)31)22-8-6-7-16(2)18(22)4/h6-14,29H,1-5H3. The van der Waals surface area contributed by atoms with Gasteiger partial charge in [-0.3, -0.25) is 9.59 Å². The summed E-state index contributed by atoms with van der Waals surface area (Å²) in [5.74, 6) is -0.241. The third-order valence-electron chi connectivity index (χ3n) is 5.97. The highest BCUT2D eigenvalue weighted by Crippen LogP contribution is 2.37. The van der Waals surface area contributed by atoms with Crippen LogP contribution in [0.25, 0.3) is 5.57 Å². The van der Waals surface area contributed by atoms with Crippen molar-refractivity contribution in [3.05, 3.63) is 93.1 Å². The molecule has 33 heavy (non-hydrogen) atoms. The number of carbonyl (C=O) groups excluding carboxylic acids is 2. The fourth-order valence-corrected chi connectivity index (χ4v) is 4.33. The molecular weight excluding hydrogens is 436 g/mol. The number of nitrogens with zero attached hydrogens (tertiary/aromatic N) is 1. The molecule has 0 saturated heterocycles. The molecule has 0 aromatic heterocycles. The smallest absolute Gasteiger partial charge is 0.282 e. The van der Waals surface area contributed by atoms with Gasteiger partial charge in [0.15, 0.2) is 0 Å². The van der Waals surface area contributed by atoms with E-state index in [4.69, 9.17) is 16.3 Å². The maximum Gasteiger partial charge on any atom is 0.282 e. The Morgan fingerprint density at radius 1 is 0.879 bits per heavy atom. The molecule has 0 unspecified atom stereocenters. The first-order valence-corrected chi connectivity index (χ1v) is 11.0. The fourth-order valence-electron chi connectivity index (χ4n) is 4.07. The Kier molecular flexibility index (Phi) is 6.00. The van der Waals surface area contributed by atoms with Gasteiger partial charge in [0.25, 0.3) is 11.8 Å². The molecule has 0 atom stereocenters. The summed E-state index contributed by atoms with van der Waals surface area (Å²) in [5.41, 5.74) is 6.32. The lowest BCUT2D eigenvalue weighted by Gasteiger charge is -2.19. The maximum atomic E-state index is 13.7. The molecule has 0 bridgehead atoms. The van der Waals surface area contributed by atoms with E-state index in [0.717, 1.165) is 22.3 Å². The first-order valence-electron chi connectivity index (χ1n) is 10.6. The van der Waals surface area contributed by atoms with E-state index in [2.05, 4.69) is 5.32 Å². The van der Waals surface area contributed by atoms with Crippen molar-refractivity contribution >= 4 is 40.4 Å². The summed E-state index contributed by atoms with van der Waals surface area (Å²) >= 11 is 6.30. The number of hydrogen-bond donors (Lipinski definition) is 1. The van der Waals surface area contributed by atoms with Gasteiger partial charge in [-0.2, -0.15) is 0 Å². The largest absolute Gasteiger partial charge is 0.495 e. The third kappa shape index (κ3) is 4.00. The minimum absolute atomic E-state index is 0.217. The molecule has 4 rings (SSSR count). The van der Waals surface area contributed by atoms with Crippen LogP contribution in [0.3, 0.4) is 0 Å². The van der Waals surface area contributed by atoms with E-state index in [0.29, 0.717) is 33.3 Å². The van der Waals surface area contributed by atoms with Gasteiger partial charge in [0.1, 0.15) is 11.4 Å². The Bertz CT molecular complexity index is 1330. The maximum absolute atomic E-state index is 13.7. The molecule has 0 fully saturated rings. The highest BCUT2D eigenvalue weighted by molar-refractivity contribution is 6.46. The highest BCUT2D eigenvalue weighted by Gasteiger charge is 2.41. The lowest BCUT2D eigenvalue weighted by Crippen LogP contribution is -2.33. The van der Waals surface area contributed by atoms with Crippen LogP contribution in [0.2, 0.25) is 5.02 Å². The average molecular weight is 461 g/mol. The van der Waals surface area contributed by atoms with Crippen molar-refractivity contribution in [2.45, 2.75) is 27.7 Å². The lowest BCUT2D eigenvalue weighted by atomic mass is 9.97. The molecule has 0 spiro atoms. The molecule has 2 amide bonds. The zero-order valence-corrected chi connectivity index (χ0v) is 20.0. The van der Waals surface area contributed by atoms with E-state index >= 15 is 0 Å². The van der Waals surface area contributed by atoms with Crippen molar-refractivity contribution in [3.8, 4) is 5.75 Å². The summed E-state index contributed by atoms with van der Waals surface area (Å²) in [6.07, 6.45) is 0. The topological polar surface area (TPSA) is 58.6 Å². The molecule has 0 aliphatic carbocycles. The van der Waals surface area contributed by atoms with Gasteiger partial charge in [0.05, 0.1) is 23.4 Å². The van der Waals surface area contributed by atoms with Gasteiger partial charge in [-0.05, 0) is 74.2 Å². The molecule has 6 heteroatoms. The molecule has 168 valence electrons. The monoisotopic (exact) mass is 460 g/mol. The number of aryl methyl sites for hydroxylation is 3. The second kappa shape index (κ2) is 8.75. The van der Waals surface area contributed by atoms with Gasteiger partial charge in [-0.25, -0.2) is 4.90 Å². The number of rotatable bonds is 5. The number of carbonyl (C=O) groups is 2. The van der Waals surface area contributed by atoms with Crippen molar-refractivity contribution in [3.63, 3.8) is 0 Å². The Labute approximate surface area is 198 Å². The molecule has 3 aromatic carbocycles. The number of anilines is 2. The Balaban J connectivity index is 1.87. The second-order valence-electron chi connectivity index (χ2n) is 8.21. The number of ether oxygens (including phenoxy) is 1. The van der Waals surface area contributed by atoms with Gasteiger partial charge in [-0.15, -0.1) is 0 Å². The van der Waals surface area contributed by atoms with Crippen LogP contribution >= 0.6 is 11.6 Å². The van der Waals surface area contributed by atoms with E-state index in [1.807, 2.05) is 58.0 Å². The van der Waals surface area contributed by atoms with Gasteiger partial charge >= 0.3 is 0 Å². The van der Waals surface area contributed by atoms with E-state index in [1.54, 1.807) is 24.3 Å². The quantitative estimate of drug-likeness (QED) is 0.476. The number of amides is 2. The molecule has 1 aliphatic rings. The zero-order chi connectivity index (χ0) is 23.9. The van der Waals surface area contributed by atoms with Crippen LogP contribution in [-0.4, -0.2) is 18.9 Å². The summed E-state index contributed by atoms with van der Waals surface area (Å²) < 4.78 is 5.22. The number of imide groups is 1. The Hall–Kier alpha value is -3.57. The predicted molar refractivity (Wildman–Crippen MR) is 133 cm³/mol. The third-order valence-corrected chi connectivity index (χ3v) is 6.27. The minimum Gasteiger partial charge on any atom is -0.495 e. The van der Waals surface area contributed by atoms with Gasteiger partial charge in [-0.1, -0.05) is 47.5 Å². The van der Waals surface area contributed by atoms with Crippen molar-refractivity contribution in [2.24, 2.45) is 0 Å². The van der Waals surface area contributed by atoms with Crippen molar-refractivity contribution in [1.29, 1.82) is 0 Å². The SMILES string of the molecule is COc1ccc(NC2=C(c3ccc(C)cc3C)C(=O)N(c3cccc(C)c3C)C2=O)cc1Cl. The molecule has 5 nitrogen and oxygen atoms in total. The molecule has 1 N–H and O–H groups in total. The zero-order valence-electron chi connectivity index (χ0n) is 19.2. The van der Waals surface area contributed by atoms with Gasteiger partial charge < -0.3 is 10.1 Å². The number of halogens is 1. The van der Waals surface area contributed by atoms with E-state index in [1.165, 1.54) is 12.0 Å². The van der Waals surface area contributed by atoms with E-state index < -0.39 is 5.91 Å². The molecule has 1 aliphatic heterocycles. The normalized spacial score (nSPS) is 13.7. The summed E-state index contributed by atoms with van der Waals surface area (Å²) in [6, 6.07) is 16.6. The first-order chi connectivity index (χ1) is 15.7. The van der Waals surface area contributed by atoms with Crippen LogP contribution in [0.5, 0.6) is 5.75 Å². The fraction of sp³-hybridized carbons (Fsp3) is 0.185. The van der Waals surface area contributed by atoms with Crippen molar-refractivity contribution in [1.82, 2.24) is 0 Å². The van der Waals surface area contributed by atoms with Crippen molar-refractivity contribution in [2.75, 3.05) is 17.3 Å². The molecule has 0 saturated carbocycles. The summed E-state index contributed by atoms with van der Waals surface area (Å²) in [5, 5.41) is 3.57. The summed E-state index contributed by atoms with van der Waals surface area (Å²) in [4.78, 5) is 28.7. The van der Waals surface area contributed by atoms with Gasteiger partial charge in [0.2, 0.25) is 0 Å². The predicted octanol–water partition coefficient (Wildman–Crippen LogP) is 5.98. The minimum atomic E-state index is -0.407. The molecular formula is C27H25ClN2O3. The lowest BCUT2D eigenvalue weighted by molar-refractivity contribution is -0.120. The van der Waals surface area contributed by atoms with Crippen LogP contribution in [0, 0.1) is 27.7 Å². The summed E-state index contributed by atoms with van der Waals surface area (Å²) in [6.45, 7) is 7.81. The van der Waals surface area contributed by atoms with Crippen LogP contribution in [0.4, 0.5) is 11.4 Å². The Morgan fingerprint density at radius 3 is 2.30 bits per heavy atom. The first kappa shape index (κ1) is 22.6. The van der Waals surface area contributed by atoms with Gasteiger partial charge in [0, 0.05) is 5.69 Å². The number of methoxy groups -OCH3 is 1. The molecule has 0 radical (unpaired) electrons. The van der Waals surface area contributed by atoms with E-state index in [9.17, 15) is 9.59 Å². The van der Waals surface area contributed by atoms with Crippen LogP contribution in [0.1, 0.15) is 27.8 Å². The number of hydrogen-bond acceptors (Lipinski definition) is 4. The number of nitrogens with one attached hydrogen (secondary N) is 1. The average Bonchev–Trinajstić information content (AvgIpc) is 3.00. The van der Waals surface area contributed by atoms with Crippen LogP contribution < -0.4 is 15.0 Å². The Morgan fingerprint density at radius 2 is 1.64 bits per heavy atom. The van der Waals surface area contributed by atoms with Crippen LogP contribution in [0.15, 0.2) is 60.3 Å². The number of benzene rings is 3. The van der Waals surface area contributed by atoms with E-state index in [-0.39, 0.29) is 11.6 Å². The molecule has 1 heterocycles. The second-order valence-corrected chi connectivity index (χ2v) is 8.61. The van der Waals surface area contributed by atoms with Crippen LogP contribution in [-0.2, 0) is 9.59 Å². The summed E-state index contributed by atoms with van der Waals surface area (Å²) in [7, 11) is 1.54. The molecule has 3 aromatic rings.